The maximum absolute atomic E-state index is 12.7. The zero-order valence-corrected chi connectivity index (χ0v) is 14.3. The van der Waals surface area contributed by atoms with E-state index in [0.717, 1.165) is 10.8 Å². The van der Waals surface area contributed by atoms with Crippen molar-refractivity contribution in [2.75, 3.05) is 14.2 Å². The van der Waals surface area contributed by atoms with E-state index in [-0.39, 0.29) is 18.1 Å². The number of benzene rings is 1. The first-order valence-corrected chi connectivity index (χ1v) is 7.42. The number of carbonyl (C=O) groups is 1. The second-order valence-electron chi connectivity index (χ2n) is 5.11. The van der Waals surface area contributed by atoms with Crippen molar-refractivity contribution in [1.82, 2.24) is 9.55 Å². The standard InChI is InChI=1S/C15H14N6O6/c1-26-12(27-2)8-20-13(9-3-5-10(6-4-9)21(24)25)17-7-11(15(20)23)14(22)18-19-16/h3-7,12H,8H2,1-2H3. The molecule has 2 aromatic rings. The summed E-state index contributed by atoms with van der Waals surface area (Å²) in [5.41, 5.74) is 7.47. The van der Waals surface area contributed by atoms with Gasteiger partial charge in [-0.15, -0.1) is 0 Å². The van der Waals surface area contributed by atoms with E-state index in [4.69, 9.17) is 15.0 Å². The maximum atomic E-state index is 12.7. The summed E-state index contributed by atoms with van der Waals surface area (Å²) in [7, 11) is 2.74. The third-order valence-electron chi connectivity index (χ3n) is 3.61. The lowest BCUT2D eigenvalue weighted by molar-refractivity contribution is -0.384. The van der Waals surface area contributed by atoms with Gasteiger partial charge in [0, 0.05) is 43.0 Å². The van der Waals surface area contributed by atoms with Gasteiger partial charge in [-0.3, -0.25) is 24.3 Å². The zero-order chi connectivity index (χ0) is 20.0. The van der Waals surface area contributed by atoms with Crippen molar-refractivity contribution in [3.63, 3.8) is 0 Å². The van der Waals surface area contributed by atoms with Crippen LogP contribution >= 0.6 is 0 Å². The number of non-ortho nitro benzene ring substituents is 1. The van der Waals surface area contributed by atoms with Crippen LogP contribution in [-0.4, -0.2) is 40.9 Å². The fourth-order valence-corrected chi connectivity index (χ4v) is 2.26. The molecular weight excluding hydrogens is 360 g/mol. The van der Waals surface area contributed by atoms with Gasteiger partial charge < -0.3 is 9.47 Å². The fraction of sp³-hybridized carbons (Fsp3) is 0.267. The molecule has 0 saturated heterocycles. The van der Waals surface area contributed by atoms with Crippen LogP contribution in [0, 0.1) is 10.1 Å². The van der Waals surface area contributed by atoms with Gasteiger partial charge in [-0.1, -0.05) is 0 Å². The van der Waals surface area contributed by atoms with E-state index in [1.165, 1.54) is 38.5 Å². The molecule has 27 heavy (non-hydrogen) atoms. The minimum absolute atomic E-state index is 0.122. The van der Waals surface area contributed by atoms with Gasteiger partial charge >= 0.3 is 0 Å². The van der Waals surface area contributed by atoms with Crippen LogP contribution < -0.4 is 5.56 Å². The van der Waals surface area contributed by atoms with Crippen molar-refractivity contribution in [3.05, 3.63) is 66.9 Å². The Hall–Kier alpha value is -3.60. The number of hydrogen-bond acceptors (Lipinski definition) is 7. The molecule has 1 heterocycles. The van der Waals surface area contributed by atoms with Gasteiger partial charge in [-0.25, -0.2) is 4.98 Å². The zero-order valence-electron chi connectivity index (χ0n) is 14.3. The average molecular weight is 374 g/mol. The Labute approximate surface area is 151 Å². The van der Waals surface area contributed by atoms with Crippen molar-refractivity contribution < 1.29 is 19.2 Å². The van der Waals surface area contributed by atoms with Crippen molar-refractivity contribution in [2.45, 2.75) is 12.8 Å². The van der Waals surface area contributed by atoms with Crippen molar-refractivity contribution in [2.24, 2.45) is 5.11 Å². The Morgan fingerprint density at radius 1 is 1.37 bits per heavy atom. The quantitative estimate of drug-likeness (QED) is 0.178. The summed E-state index contributed by atoms with van der Waals surface area (Å²) in [5, 5.41) is 13.7. The molecule has 1 aromatic carbocycles. The minimum Gasteiger partial charge on any atom is -0.354 e. The van der Waals surface area contributed by atoms with E-state index in [9.17, 15) is 19.7 Å². The largest absolute Gasteiger partial charge is 0.354 e. The summed E-state index contributed by atoms with van der Waals surface area (Å²) in [6.07, 6.45) is 0.160. The number of hydrogen-bond donors (Lipinski definition) is 0. The highest BCUT2D eigenvalue weighted by atomic mass is 16.7. The predicted molar refractivity (Wildman–Crippen MR) is 91.9 cm³/mol. The van der Waals surface area contributed by atoms with Crippen LogP contribution in [0.15, 0.2) is 40.4 Å². The highest BCUT2D eigenvalue weighted by Gasteiger charge is 2.19. The number of rotatable bonds is 7. The molecule has 0 aliphatic rings. The van der Waals surface area contributed by atoms with E-state index in [2.05, 4.69) is 15.0 Å². The number of nitrogens with zero attached hydrogens (tertiary/aromatic N) is 6. The molecule has 0 N–H and O–H groups in total. The summed E-state index contributed by atoms with van der Waals surface area (Å²) in [6.45, 7) is -0.122. The van der Waals surface area contributed by atoms with E-state index < -0.39 is 28.2 Å². The normalized spacial score (nSPS) is 10.5. The number of ether oxygens (including phenoxy) is 2. The van der Waals surface area contributed by atoms with E-state index in [1.807, 2.05) is 0 Å². The second-order valence-corrected chi connectivity index (χ2v) is 5.11. The molecule has 0 spiro atoms. The van der Waals surface area contributed by atoms with Crippen LogP contribution in [-0.2, 0) is 16.0 Å². The van der Waals surface area contributed by atoms with Crippen LogP contribution in [0.1, 0.15) is 10.4 Å². The Balaban J connectivity index is 2.63. The summed E-state index contributed by atoms with van der Waals surface area (Å²) < 4.78 is 11.3. The molecule has 0 bridgehead atoms. The Morgan fingerprint density at radius 2 is 2.00 bits per heavy atom. The van der Waals surface area contributed by atoms with Gasteiger partial charge in [0.25, 0.3) is 17.2 Å². The van der Waals surface area contributed by atoms with Gasteiger partial charge in [0.15, 0.2) is 6.29 Å². The molecule has 12 heteroatoms. The lowest BCUT2D eigenvalue weighted by atomic mass is 10.1. The van der Waals surface area contributed by atoms with Crippen LogP contribution in [0.25, 0.3) is 21.8 Å². The third-order valence-corrected chi connectivity index (χ3v) is 3.61. The van der Waals surface area contributed by atoms with Crippen molar-refractivity contribution >= 4 is 11.6 Å². The van der Waals surface area contributed by atoms with Gasteiger partial charge in [-0.05, 0) is 22.8 Å². The summed E-state index contributed by atoms with van der Waals surface area (Å²) >= 11 is 0. The highest BCUT2D eigenvalue weighted by molar-refractivity contribution is 5.94. The summed E-state index contributed by atoms with van der Waals surface area (Å²) in [5.74, 6) is -0.947. The SMILES string of the molecule is COC(Cn1c(-c2ccc([N+](=O)[O-])cc2)ncc(C(=O)N=[N+]=[N-])c1=O)OC. The monoisotopic (exact) mass is 374 g/mol. The van der Waals surface area contributed by atoms with Crippen LogP contribution in [0.5, 0.6) is 0 Å². The van der Waals surface area contributed by atoms with E-state index >= 15 is 0 Å². The number of amides is 1. The van der Waals surface area contributed by atoms with Crippen LogP contribution in [0.4, 0.5) is 5.69 Å². The van der Waals surface area contributed by atoms with Crippen molar-refractivity contribution in [1.29, 1.82) is 0 Å². The van der Waals surface area contributed by atoms with Gasteiger partial charge in [0.2, 0.25) is 0 Å². The molecule has 0 aliphatic heterocycles. The topological polar surface area (TPSA) is 162 Å². The first-order valence-electron chi connectivity index (χ1n) is 7.42. The molecular formula is C15H14N6O6. The average Bonchev–Trinajstić information content (AvgIpc) is 2.67. The molecule has 1 aromatic heterocycles. The number of aromatic nitrogens is 2. The summed E-state index contributed by atoms with van der Waals surface area (Å²) in [4.78, 5) is 41.2. The predicted octanol–water partition coefficient (Wildman–Crippen LogP) is 1.89. The lowest BCUT2D eigenvalue weighted by Gasteiger charge is -2.18. The number of azide groups is 1. The van der Waals surface area contributed by atoms with Crippen LogP contribution in [0.2, 0.25) is 0 Å². The molecule has 1 amide bonds. The van der Waals surface area contributed by atoms with E-state index in [0.29, 0.717) is 5.56 Å². The summed E-state index contributed by atoms with van der Waals surface area (Å²) in [6, 6.07) is 5.35. The molecule has 0 fully saturated rings. The van der Waals surface area contributed by atoms with Gasteiger partial charge in [-0.2, -0.15) is 0 Å². The number of nitro benzene ring substituents is 1. The molecule has 0 unspecified atom stereocenters. The third kappa shape index (κ3) is 4.33. The fourth-order valence-electron chi connectivity index (χ4n) is 2.26. The van der Waals surface area contributed by atoms with E-state index in [1.54, 1.807) is 0 Å². The Morgan fingerprint density at radius 3 is 2.52 bits per heavy atom. The molecule has 0 radical (unpaired) electrons. The molecule has 140 valence electrons. The molecule has 2 rings (SSSR count). The maximum Gasteiger partial charge on any atom is 0.269 e. The highest BCUT2D eigenvalue weighted by Crippen LogP contribution is 2.20. The molecule has 0 saturated carbocycles. The lowest BCUT2D eigenvalue weighted by Crippen LogP contribution is -2.33. The first-order chi connectivity index (χ1) is 12.9. The number of methoxy groups -OCH3 is 2. The Kier molecular flexibility index (Phi) is 6.33. The van der Waals surface area contributed by atoms with Crippen molar-refractivity contribution in [3.8, 4) is 11.4 Å². The molecule has 0 atom stereocenters. The number of carbonyl (C=O) groups excluding carboxylic acids is 1. The van der Waals surface area contributed by atoms with Gasteiger partial charge in [0.05, 0.1) is 11.5 Å². The van der Waals surface area contributed by atoms with Crippen LogP contribution in [0.3, 0.4) is 0 Å². The number of nitro groups is 1. The molecule has 12 nitrogen and oxygen atoms in total. The Bertz CT molecular complexity index is 960. The second kappa shape index (κ2) is 8.67. The molecule has 0 aliphatic carbocycles. The minimum atomic E-state index is -1.08. The smallest absolute Gasteiger partial charge is 0.269 e. The first kappa shape index (κ1) is 19.7. The van der Waals surface area contributed by atoms with Gasteiger partial charge in [0.1, 0.15) is 11.4 Å².